The molecule has 2 aromatic carbocycles. The fraction of sp³-hybridized carbons (Fsp3) is 0.185. The summed E-state index contributed by atoms with van der Waals surface area (Å²) in [6, 6.07) is 22.0. The van der Waals surface area contributed by atoms with Gasteiger partial charge in [0.25, 0.3) is 0 Å². The van der Waals surface area contributed by atoms with Gasteiger partial charge in [-0.05, 0) is 37.1 Å². The highest BCUT2D eigenvalue weighted by Crippen LogP contribution is 2.41. The first-order valence-electron chi connectivity index (χ1n) is 10.6. The predicted molar refractivity (Wildman–Crippen MR) is 125 cm³/mol. The zero-order chi connectivity index (χ0) is 23.4. The van der Waals surface area contributed by atoms with E-state index in [1.807, 2.05) is 73.8 Å². The van der Waals surface area contributed by atoms with Crippen LogP contribution < -0.4 is 5.32 Å². The van der Waals surface area contributed by atoms with Crippen molar-refractivity contribution in [3.8, 4) is 23.3 Å². The summed E-state index contributed by atoms with van der Waals surface area (Å²) in [6.07, 6.45) is 1.93. The van der Waals surface area contributed by atoms with Gasteiger partial charge in [0, 0.05) is 28.5 Å². The minimum absolute atomic E-state index is 0.00132. The van der Waals surface area contributed by atoms with Crippen molar-refractivity contribution in [1.29, 1.82) is 10.5 Å². The number of hydrogen-bond donors (Lipinski definition) is 1. The Hall–Kier alpha value is -4.42. The molecule has 0 amide bonds. The molecular weight excluding hydrogens is 412 g/mol. The summed E-state index contributed by atoms with van der Waals surface area (Å²) < 4.78 is 5.37. The van der Waals surface area contributed by atoms with E-state index in [1.54, 1.807) is 6.92 Å². The Bertz CT molecular complexity index is 1370. The van der Waals surface area contributed by atoms with Crippen LogP contribution in [0.5, 0.6) is 0 Å². The minimum Gasteiger partial charge on any atom is -0.461 e. The molecule has 33 heavy (non-hydrogen) atoms. The quantitative estimate of drug-likeness (QED) is 0.442. The Labute approximate surface area is 192 Å². The number of pyridine rings is 1. The number of aromatic nitrogens is 1. The number of rotatable bonds is 5. The predicted octanol–water partition coefficient (Wildman–Crippen LogP) is 5.12. The zero-order valence-electron chi connectivity index (χ0n) is 18.4. The van der Waals surface area contributed by atoms with Crippen molar-refractivity contribution >= 4 is 16.9 Å². The van der Waals surface area contributed by atoms with Crippen LogP contribution in [0.4, 0.5) is 0 Å². The van der Waals surface area contributed by atoms with Gasteiger partial charge in [0.05, 0.1) is 41.1 Å². The number of allylic oxidation sites excluding steroid dienone is 3. The van der Waals surface area contributed by atoms with Gasteiger partial charge >= 0.3 is 5.97 Å². The lowest BCUT2D eigenvalue weighted by atomic mass is 9.79. The van der Waals surface area contributed by atoms with Crippen LogP contribution in [0.3, 0.4) is 0 Å². The Morgan fingerprint density at radius 2 is 1.85 bits per heavy atom. The second kappa shape index (κ2) is 9.38. The molecule has 0 fully saturated rings. The molecule has 1 aliphatic rings. The molecule has 6 heteroatoms. The molecule has 162 valence electrons. The number of fused-ring (bicyclic) bond motifs is 1. The molecular formula is C27H22N4O2. The van der Waals surface area contributed by atoms with Crippen molar-refractivity contribution in [3.63, 3.8) is 0 Å². The summed E-state index contributed by atoms with van der Waals surface area (Å²) in [5.41, 5.74) is 5.69. The first-order chi connectivity index (χ1) is 16.0. The lowest BCUT2D eigenvalue weighted by molar-refractivity contribution is -0.139. The summed E-state index contributed by atoms with van der Waals surface area (Å²) >= 11 is 0. The van der Waals surface area contributed by atoms with E-state index >= 15 is 0 Å². The van der Waals surface area contributed by atoms with Gasteiger partial charge in [-0.3, -0.25) is 4.98 Å². The van der Waals surface area contributed by atoms with Gasteiger partial charge in [0.15, 0.2) is 0 Å². The fourth-order valence-electron chi connectivity index (χ4n) is 4.20. The molecule has 4 rings (SSSR count). The molecule has 6 nitrogen and oxygen atoms in total. The van der Waals surface area contributed by atoms with E-state index in [2.05, 4.69) is 16.4 Å². The molecule has 2 heterocycles. The van der Waals surface area contributed by atoms with Crippen LogP contribution in [0.1, 0.15) is 31.7 Å². The van der Waals surface area contributed by atoms with Gasteiger partial charge in [0.2, 0.25) is 0 Å². The van der Waals surface area contributed by atoms with Crippen LogP contribution in [-0.2, 0) is 9.53 Å². The maximum absolute atomic E-state index is 13.1. The highest BCUT2D eigenvalue weighted by atomic mass is 16.5. The van der Waals surface area contributed by atoms with Crippen LogP contribution in [-0.4, -0.2) is 17.6 Å². The second-order valence-electron chi connectivity index (χ2n) is 7.80. The monoisotopic (exact) mass is 434 g/mol. The average Bonchev–Trinajstić information content (AvgIpc) is 2.83. The van der Waals surface area contributed by atoms with Crippen LogP contribution >= 0.6 is 0 Å². The van der Waals surface area contributed by atoms with E-state index in [1.165, 1.54) is 0 Å². The Kier molecular flexibility index (Phi) is 6.20. The number of esters is 1. The van der Waals surface area contributed by atoms with Crippen molar-refractivity contribution in [2.45, 2.75) is 26.2 Å². The number of nitrogens with zero attached hydrogens (tertiary/aromatic N) is 3. The third-order valence-electron chi connectivity index (χ3n) is 5.73. The number of benzene rings is 2. The molecule has 0 spiro atoms. The molecule has 3 aromatic rings. The largest absolute Gasteiger partial charge is 0.461 e. The van der Waals surface area contributed by atoms with Gasteiger partial charge in [-0.15, -0.1) is 0 Å². The number of dihydropyridines is 1. The highest BCUT2D eigenvalue weighted by Gasteiger charge is 2.35. The topological polar surface area (TPSA) is 98.8 Å². The number of nitrogens with one attached hydrogen (secondary N) is 1. The van der Waals surface area contributed by atoms with Crippen molar-refractivity contribution in [3.05, 3.63) is 88.9 Å². The third kappa shape index (κ3) is 4.20. The smallest absolute Gasteiger partial charge is 0.336 e. The molecule has 0 bridgehead atoms. The summed E-state index contributed by atoms with van der Waals surface area (Å²) in [5.74, 6) is -1.15. The highest BCUT2D eigenvalue weighted by molar-refractivity contribution is 5.96. The van der Waals surface area contributed by atoms with Gasteiger partial charge in [-0.25, -0.2) is 4.79 Å². The van der Waals surface area contributed by atoms with Gasteiger partial charge < -0.3 is 10.1 Å². The maximum atomic E-state index is 13.1. The van der Waals surface area contributed by atoms with Gasteiger partial charge in [-0.1, -0.05) is 42.5 Å². The number of carbonyl (C=O) groups excluding carboxylic acids is 1. The van der Waals surface area contributed by atoms with Crippen LogP contribution in [0.25, 0.3) is 22.0 Å². The van der Waals surface area contributed by atoms with E-state index in [4.69, 9.17) is 10.00 Å². The normalized spacial score (nSPS) is 15.6. The van der Waals surface area contributed by atoms with Crippen molar-refractivity contribution in [2.75, 3.05) is 6.61 Å². The molecule has 1 aliphatic heterocycles. The number of nitriles is 2. The molecule has 0 aliphatic carbocycles. The summed E-state index contributed by atoms with van der Waals surface area (Å²) in [4.78, 5) is 17.7. The van der Waals surface area contributed by atoms with E-state index in [-0.39, 0.29) is 13.0 Å². The van der Waals surface area contributed by atoms with Gasteiger partial charge in [-0.2, -0.15) is 10.5 Å². The lowest BCUT2D eigenvalue weighted by Crippen LogP contribution is -2.29. The maximum Gasteiger partial charge on any atom is 0.336 e. The first kappa shape index (κ1) is 21.8. The molecule has 1 aromatic heterocycles. The number of ether oxygens (including phenoxy) is 1. The average molecular weight is 434 g/mol. The Morgan fingerprint density at radius 3 is 2.58 bits per heavy atom. The zero-order valence-corrected chi connectivity index (χ0v) is 18.4. The van der Waals surface area contributed by atoms with E-state index in [0.717, 1.165) is 27.6 Å². The minimum atomic E-state index is -0.609. The Balaban J connectivity index is 1.90. The van der Waals surface area contributed by atoms with E-state index in [0.29, 0.717) is 22.5 Å². The standard InChI is InChI=1S/C27H22N4O2/c1-17-23(15-29)26(25(18(2)31-17)27(32)33-13-7-12-28)21-10-6-11-24-22(21)14-20(16-30-24)19-8-4-3-5-9-19/h3-6,8-11,14,16,26,31H,7,13H2,1-2H3/t26-/m0/s1. The van der Waals surface area contributed by atoms with Gasteiger partial charge in [0.1, 0.15) is 6.61 Å². The molecule has 1 N–H and O–H groups in total. The van der Waals surface area contributed by atoms with Crippen LogP contribution in [0.15, 0.2) is 83.3 Å². The summed E-state index contributed by atoms with van der Waals surface area (Å²) in [6.45, 7) is 3.62. The number of hydrogen-bond acceptors (Lipinski definition) is 6. The Morgan fingerprint density at radius 1 is 1.06 bits per heavy atom. The molecule has 0 saturated heterocycles. The summed E-state index contributed by atoms with van der Waals surface area (Å²) in [5, 5.41) is 22.8. The van der Waals surface area contributed by atoms with Crippen molar-refractivity contribution < 1.29 is 9.53 Å². The van der Waals surface area contributed by atoms with Crippen molar-refractivity contribution in [2.24, 2.45) is 0 Å². The second-order valence-corrected chi connectivity index (χ2v) is 7.80. The SMILES string of the molecule is CC1=C(C#N)[C@H](c2cccc3ncc(-c4ccccc4)cc23)C(C(=O)OCCC#N)=C(C)N1. The molecule has 0 unspecified atom stereocenters. The fourth-order valence-corrected chi connectivity index (χ4v) is 4.20. The van der Waals surface area contributed by atoms with Crippen LogP contribution in [0.2, 0.25) is 0 Å². The van der Waals surface area contributed by atoms with Crippen molar-refractivity contribution in [1.82, 2.24) is 10.3 Å². The third-order valence-corrected chi connectivity index (χ3v) is 5.73. The molecule has 0 radical (unpaired) electrons. The van der Waals surface area contributed by atoms with E-state index in [9.17, 15) is 10.1 Å². The first-order valence-corrected chi connectivity index (χ1v) is 10.6. The lowest BCUT2D eigenvalue weighted by Gasteiger charge is -2.29. The summed E-state index contributed by atoms with van der Waals surface area (Å²) in [7, 11) is 0. The molecule has 1 atom stereocenters. The van der Waals surface area contributed by atoms with E-state index < -0.39 is 11.9 Å². The number of carbonyl (C=O) groups is 1. The van der Waals surface area contributed by atoms with Crippen LogP contribution in [0, 0.1) is 22.7 Å². The molecule has 0 saturated carbocycles.